The summed E-state index contributed by atoms with van der Waals surface area (Å²) in [6.07, 6.45) is -0.427. The zero-order valence-electron chi connectivity index (χ0n) is 23.4. The van der Waals surface area contributed by atoms with Gasteiger partial charge in [0.1, 0.15) is 17.4 Å². The zero-order valence-corrected chi connectivity index (χ0v) is 24.1. The van der Waals surface area contributed by atoms with Gasteiger partial charge in [0.15, 0.2) is 5.69 Å². The summed E-state index contributed by atoms with van der Waals surface area (Å²) in [6.45, 7) is 10.9. The van der Waals surface area contributed by atoms with Crippen molar-refractivity contribution in [3.63, 3.8) is 0 Å². The van der Waals surface area contributed by atoms with Crippen LogP contribution in [0.4, 0.5) is 10.7 Å². The van der Waals surface area contributed by atoms with Crippen LogP contribution in [0, 0.1) is 0 Å². The number of anilines is 1. The van der Waals surface area contributed by atoms with Crippen molar-refractivity contribution in [3.8, 4) is 11.6 Å². The minimum atomic E-state index is -1.21. The third-order valence-electron chi connectivity index (χ3n) is 5.55. The largest absolute Gasteiger partial charge is 0.479 e. The molecule has 0 aliphatic carbocycles. The first-order chi connectivity index (χ1) is 18.3. The summed E-state index contributed by atoms with van der Waals surface area (Å²) in [7, 11) is 2.90. The maximum Gasteiger partial charge on any atom is 0.416 e. The molecule has 12 heteroatoms. The van der Waals surface area contributed by atoms with Crippen molar-refractivity contribution in [1.82, 2.24) is 19.7 Å². The molecule has 1 aromatic carbocycles. The monoisotopic (exact) mass is 559 g/mol. The number of hydrogen-bond acceptors (Lipinski definition) is 9. The van der Waals surface area contributed by atoms with E-state index in [9.17, 15) is 14.7 Å². The van der Waals surface area contributed by atoms with E-state index in [2.05, 4.69) is 15.1 Å². The standard InChI is InChI=1S/C27H34ClN5O6/c1-9-38-24(35)20-19(22(34)16-10-12-17(28)13-11-16)21(15(2)3)33(31-20)18-14-29-25(30-23(18)37-8)32(7)26(36)39-27(4,5)6/h10-15,22,34H,9H2,1-8H3. The smallest absolute Gasteiger partial charge is 0.416 e. The van der Waals surface area contributed by atoms with Crippen LogP contribution in [-0.4, -0.2) is 63.3 Å². The lowest BCUT2D eigenvalue weighted by atomic mass is 9.94. The molecule has 0 saturated heterocycles. The van der Waals surface area contributed by atoms with Crippen LogP contribution in [0.2, 0.25) is 5.02 Å². The molecule has 3 rings (SSSR count). The molecule has 39 heavy (non-hydrogen) atoms. The number of benzene rings is 1. The van der Waals surface area contributed by atoms with E-state index in [4.69, 9.17) is 25.8 Å². The Hall–Kier alpha value is -3.70. The van der Waals surface area contributed by atoms with Crippen LogP contribution in [0.5, 0.6) is 5.88 Å². The van der Waals surface area contributed by atoms with Crippen LogP contribution in [0.3, 0.4) is 0 Å². The summed E-state index contributed by atoms with van der Waals surface area (Å²) < 4.78 is 17.7. The number of nitrogens with zero attached hydrogens (tertiary/aromatic N) is 5. The maximum absolute atomic E-state index is 13.0. The summed E-state index contributed by atoms with van der Waals surface area (Å²) in [6, 6.07) is 6.66. The normalized spacial score (nSPS) is 12.3. The molecule has 2 aromatic heterocycles. The Morgan fingerprint density at radius 1 is 1.18 bits per heavy atom. The summed E-state index contributed by atoms with van der Waals surface area (Å²) in [4.78, 5) is 35.4. The number of esters is 1. The molecule has 1 amide bonds. The van der Waals surface area contributed by atoms with Gasteiger partial charge in [0.2, 0.25) is 11.8 Å². The van der Waals surface area contributed by atoms with Gasteiger partial charge in [-0.25, -0.2) is 24.2 Å². The molecule has 11 nitrogen and oxygen atoms in total. The molecule has 0 aliphatic rings. The molecule has 1 N–H and O–H groups in total. The first-order valence-electron chi connectivity index (χ1n) is 12.4. The Morgan fingerprint density at radius 3 is 2.36 bits per heavy atom. The number of hydrogen-bond donors (Lipinski definition) is 1. The third kappa shape index (κ3) is 6.66. The van der Waals surface area contributed by atoms with E-state index in [1.165, 1.54) is 25.0 Å². The van der Waals surface area contributed by atoms with E-state index in [1.54, 1.807) is 52.0 Å². The van der Waals surface area contributed by atoms with E-state index in [-0.39, 0.29) is 35.6 Å². The van der Waals surface area contributed by atoms with Gasteiger partial charge in [-0.05, 0) is 51.3 Å². The number of aromatic nitrogens is 4. The van der Waals surface area contributed by atoms with E-state index in [0.717, 1.165) is 4.90 Å². The molecule has 1 unspecified atom stereocenters. The first kappa shape index (κ1) is 29.9. The topological polar surface area (TPSA) is 129 Å². The highest BCUT2D eigenvalue weighted by atomic mass is 35.5. The van der Waals surface area contributed by atoms with E-state index in [1.807, 2.05) is 13.8 Å². The first-order valence-corrected chi connectivity index (χ1v) is 12.8. The van der Waals surface area contributed by atoms with Gasteiger partial charge in [0.05, 0.1) is 25.6 Å². The minimum absolute atomic E-state index is 0.0372. The number of carbonyl (C=O) groups excluding carboxylic acids is 2. The molecular formula is C27H34ClN5O6. The fourth-order valence-corrected chi connectivity index (χ4v) is 3.96. The molecule has 3 aromatic rings. The van der Waals surface area contributed by atoms with Crippen molar-refractivity contribution in [3.05, 3.63) is 58.0 Å². The molecule has 0 fully saturated rings. The van der Waals surface area contributed by atoms with Crippen LogP contribution >= 0.6 is 11.6 Å². The Balaban J connectivity index is 2.20. The number of amides is 1. The summed E-state index contributed by atoms with van der Waals surface area (Å²) >= 11 is 6.04. The van der Waals surface area contributed by atoms with Crippen LogP contribution in [0.15, 0.2) is 30.5 Å². The lowest BCUT2D eigenvalue weighted by Gasteiger charge is -2.24. The molecule has 1 atom stereocenters. The predicted octanol–water partition coefficient (Wildman–Crippen LogP) is 5.08. The van der Waals surface area contributed by atoms with Crippen LogP contribution in [0.25, 0.3) is 5.69 Å². The lowest BCUT2D eigenvalue weighted by molar-refractivity contribution is 0.0512. The number of aliphatic hydroxyl groups excluding tert-OH is 1. The average Bonchev–Trinajstić information content (AvgIpc) is 3.28. The summed E-state index contributed by atoms with van der Waals surface area (Å²) in [5.41, 5.74) is 0.853. The van der Waals surface area contributed by atoms with Gasteiger partial charge in [-0.1, -0.05) is 37.6 Å². The van der Waals surface area contributed by atoms with Gasteiger partial charge in [0, 0.05) is 17.6 Å². The molecular weight excluding hydrogens is 526 g/mol. The molecule has 0 aliphatic heterocycles. The van der Waals surface area contributed by atoms with Gasteiger partial charge in [-0.3, -0.25) is 0 Å². The highest BCUT2D eigenvalue weighted by molar-refractivity contribution is 6.30. The maximum atomic E-state index is 13.0. The molecule has 0 radical (unpaired) electrons. The second-order valence-electron chi connectivity index (χ2n) is 9.99. The highest BCUT2D eigenvalue weighted by Crippen LogP contribution is 2.36. The Kier molecular flexibility index (Phi) is 9.18. The van der Waals surface area contributed by atoms with Crippen LogP contribution in [0.1, 0.15) is 80.9 Å². The molecule has 0 bridgehead atoms. The van der Waals surface area contributed by atoms with E-state index in [0.29, 0.717) is 22.0 Å². The fraction of sp³-hybridized carbons (Fsp3) is 0.444. The second-order valence-corrected chi connectivity index (χ2v) is 10.4. The van der Waals surface area contributed by atoms with Gasteiger partial charge in [-0.2, -0.15) is 10.1 Å². The molecule has 0 saturated carbocycles. The Morgan fingerprint density at radius 2 is 1.82 bits per heavy atom. The van der Waals surface area contributed by atoms with Crippen molar-refractivity contribution in [2.24, 2.45) is 0 Å². The van der Waals surface area contributed by atoms with Crippen molar-refractivity contribution in [1.29, 1.82) is 0 Å². The zero-order chi connectivity index (χ0) is 29.1. The summed E-state index contributed by atoms with van der Waals surface area (Å²) in [5.74, 6) is -0.785. The number of ether oxygens (including phenoxy) is 3. The van der Waals surface area contributed by atoms with E-state index < -0.39 is 23.8 Å². The van der Waals surface area contributed by atoms with Crippen LogP contribution < -0.4 is 9.64 Å². The fourth-order valence-electron chi connectivity index (χ4n) is 3.83. The van der Waals surface area contributed by atoms with Gasteiger partial charge < -0.3 is 19.3 Å². The predicted molar refractivity (Wildman–Crippen MR) is 146 cm³/mol. The molecule has 210 valence electrons. The number of rotatable bonds is 8. The summed E-state index contributed by atoms with van der Waals surface area (Å²) in [5, 5.41) is 16.5. The third-order valence-corrected chi connectivity index (χ3v) is 5.80. The van der Waals surface area contributed by atoms with Crippen LogP contribution in [-0.2, 0) is 9.47 Å². The molecule has 2 heterocycles. The lowest BCUT2D eigenvalue weighted by Crippen LogP contribution is -2.35. The Labute approximate surface area is 232 Å². The highest BCUT2D eigenvalue weighted by Gasteiger charge is 2.33. The SMILES string of the molecule is CCOC(=O)c1nn(-c2cnc(N(C)C(=O)OC(C)(C)C)nc2OC)c(C(C)C)c1C(O)c1ccc(Cl)cc1. The van der Waals surface area contributed by atoms with Crippen molar-refractivity contribution >= 4 is 29.6 Å². The van der Waals surface area contributed by atoms with Crippen molar-refractivity contribution < 1.29 is 28.9 Å². The number of aliphatic hydroxyl groups is 1. The number of carbonyl (C=O) groups is 2. The van der Waals surface area contributed by atoms with Gasteiger partial charge in [-0.15, -0.1) is 0 Å². The van der Waals surface area contributed by atoms with Crippen molar-refractivity contribution in [2.45, 2.75) is 59.2 Å². The van der Waals surface area contributed by atoms with Gasteiger partial charge in [0.25, 0.3) is 0 Å². The molecule has 0 spiro atoms. The average molecular weight is 560 g/mol. The number of halogens is 1. The van der Waals surface area contributed by atoms with Crippen molar-refractivity contribution in [2.75, 3.05) is 25.7 Å². The number of methoxy groups -OCH3 is 1. The second kappa shape index (κ2) is 12.0. The van der Waals surface area contributed by atoms with Gasteiger partial charge >= 0.3 is 12.1 Å². The minimum Gasteiger partial charge on any atom is -0.479 e. The quantitative estimate of drug-likeness (QED) is 0.376. The van der Waals surface area contributed by atoms with E-state index >= 15 is 0 Å². The Bertz CT molecular complexity index is 1330.